The van der Waals surface area contributed by atoms with Crippen molar-refractivity contribution in [2.75, 3.05) is 11.5 Å². The van der Waals surface area contributed by atoms with Crippen molar-refractivity contribution < 1.29 is 62.1 Å². The number of hydrogen-bond acceptors (Lipinski definition) is 16. The van der Waals surface area contributed by atoms with Crippen LogP contribution in [0.4, 0.5) is 34.1 Å². The van der Waals surface area contributed by atoms with Gasteiger partial charge in [-0.3, -0.25) is 18.2 Å². The van der Waals surface area contributed by atoms with Crippen LogP contribution < -0.4 is 11.5 Å². The number of phenols is 2. The molecule has 0 saturated carbocycles. The summed E-state index contributed by atoms with van der Waals surface area (Å²) in [5, 5.41) is 36.7. The van der Waals surface area contributed by atoms with Crippen molar-refractivity contribution in [2.24, 2.45) is 20.5 Å². The highest BCUT2D eigenvalue weighted by atomic mass is 32.2. The Hall–Kier alpha value is -6.12. The van der Waals surface area contributed by atoms with E-state index in [2.05, 4.69) is 20.5 Å². The number of phenolic OH excluding ortho intramolecular Hbond substituents is 2. The maximum atomic E-state index is 12.3. The first-order valence-electron chi connectivity index (χ1n) is 15.9. The third-order valence-electron chi connectivity index (χ3n) is 8.75. The van der Waals surface area contributed by atoms with Crippen LogP contribution in [-0.4, -0.2) is 62.1 Å². The Kier molecular flexibility index (Phi) is 10.3. The zero-order chi connectivity index (χ0) is 42.9. The maximum Gasteiger partial charge on any atom is 0.296 e. The molecule has 0 atom stereocenters. The molecule has 0 saturated heterocycles. The van der Waals surface area contributed by atoms with E-state index in [0.29, 0.717) is 34.0 Å². The fourth-order valence-corrected chi connectivity index (χ4v) is 8.65. The lowest BCUT2D eigenvalue weighted by atomic mass is 10.0. The van der Waals surface area contributed by atoms with E-state index < -0.39 is 88.3 Å². The van der Waals surface area contributed by atoms with Crippen molar-refractivity contribution in [1.82, 2.24) is 0 Å². The number of anilines is 2. The van der Waals surface area contributed by atoms with Crippen LogP contribution in [0.3, 0.4) is 0 Å². The first kappa shape index (κ1) is 41.5. The molecule has 0 spiro atoms. The topological polar surface area (TPSA) is 359 Å². The lowest BCUT2D eigenvalue weighted by Gasteiger charge is -2.13. The summed E-state index contributed by atoms with van der Waals surface area (Å²) in [4.78, 5) is -3.62. The predicted octanol–water partition coefficient (Wildman–Crippen LogP) is 6.67. The highest BCUT2D eigenvalue weighted by Gasteiger charge is 2.27. The summed E-state index contributed by atoms with van der Waals surface area (Å²) in [6.07, 6.45) is 0. The SMILES string of the molecule is Cc1cc(-c2ccc(N=Nc3c(S(=O)(=O)O)cc4cc(S(=O)(=O)O)cc(N)c4c3O)c(C)c2)ccc1N=Nc1ccc2c(S(=O)(=O)O)cc(S(=O)(=O)O)c(N)c2c1O. The molecule has 302 valence electrons. The van der Waals surface area contributed by atoms with Gasteiger partial charge in [0.15, 0.2) is 11.5 Å². The molecule has 0 unspecified atom stereocenters. The second kappa shape index (κ2) is 14.4. The van der Waals surface area contributed by atoms with Crippen LogP contribution in [0.15, 0.2) is 113 Å². The predicted molar refractivity (Wildman–Crippen MR) is 209 cm³/mol. The Morgan fingerprint density at radius 2 is 1.00 bits per heavy atom. The minimum absolute atomic E-state index is 0.213. The molecule has 24 heteroatoms. The van der Waals surface area contributed by atoms with Crippen molar-refractivity contribution in [1.29, 1.82) is 0 Å². The molecule has 20 nitrogen and oxygen atoms in total. The second-order valence-electron chi connectivity index (χ2n) is 12.6. The van der Waals surface area contributed by atoms with Crippen LogP contribution >= 0.6 is 0 Å². The van der Waals surface area contributed by atoms with E-state index >= 15 is 0 Å². The number of hydrogen-bond donors (Lipinski definition) is 8. The molecule has 58 heavy (non-hydrogen) atoms. The third kappa shape index (κ3) is 7.89. The summed E-state index contributed by atoms with van der Waals surface area (Å²) in [7, 11) is -20.0. The minimum atomic E-state index is -5.10. The summed E-state index contributed by atoms with van der Waals surface area (Å²) in [5.41, 5.74) is 12.8. The zero-order valence-electron chi connectivity index (χ0n) is 29.5. The Labute approximate surface area is 328 Å². The monoisotopic (exact) mass is 872 g/mol. The van der Waals surface area contributed by atoms with Gasteiger partial charge in [-0.05, 0) is 96.1 Å². The van der Waals surface area contributed by atoms with Gasteiger partial charge in [-0.25, -0.2) is 0 Å². The summed E-state index contributed by atoms with van der Waals surface area (Å²) in [6, 6.07) is 15.1. The number of nitrogen functional groups attached to an aromatic ring is 2. The number of nitrogens with zero attached hydrogens (tertiary/aromatic N) is 4. The molecule has 0 bridgehead atoms. The summed E-state index contributed by atoms with van der Waals surface area (Å²) < 4.78 is 134. The summed E-state index contributed by atoms with van der Waals surface area (Å²) in [6.45, 7) is 3.36. The molecular weight excluding hydrogens is 845 g/mol. The number of rotatable bonds is 9. The molecule has 0 amide bonds. The third-order valence-corrected chi connectivity index (χ3v) is 12.2. The van der Waals surface area contributed by atoms with E-state index in [0.717, 1.165) is 30.3 Å². The number of aryl methyl sites for hydroxylation is 2. The largest absolute Gasteiger partial charge is 0.505 e. The molecule has 0 aromatic heterocycles. The first-order chi connectivity index (χ1) is 26.8. The highest BCUT2D eigenvalue weighted by Crippen LogP contribution is 2.46. The van der Waals surface area contributed by atoms with Gasteiger partial charge >= 0.3 is 0 Å². The van der Waals surface area contributed by atoms with Crippen molar-refractivity contribution in [3.05, 3.63) is 83.9 Å². The van der Waals surface area contributed by atoms with Crippen LogP contribution in [0.25, 0.3) is 32.7 Å². The zero-order valence-corrected chi connectivity index (χ0v) is 32.7. The second-order valence-corrected chi connectivity index (χ2v) is 18.2. The standard InChI is InChI=1S/C34H28N6O14S4/c1-15-9-17(3-6-23(15)37-39-25-8-5-21-26(56(46,47)48)14-27(57(49,50)51)31(36)30(21)33(25)41)18-4-7-24(16(2)10-18)38-40-32-28(58(52,53)54)12-19-11-20(55(43,44)45)13-22(35)29(19)34(32)42/h3-14,41-42H,35-36H2,1-2H3,(H,43,44,45)(H,46,47,48)(H,49,50,51)(H,52,53,54). The molecule has 0 fully saturated rings. The van der Waals surface area contributed by atoms with Crippen molar-refractivity contribution in [2.45, 2.75) is 33.4 Å². The molecule has 6 rings (SSSR count). The number of aromatic hydroxyl groups is 2. The average Bonchev–Trinajstić information content (AvgIpc) is 3.09. The van der Waals surface area contributed by atoms with Crippen molar-refractivity contribution in [3.63, 3.8) is 0 Å². The Bertz CT molecular complexity index is 3300. The normalized spacial score (nSPS) is 13.0. The smallest absolute Gasteiger partial charge is 0.296 e. The van der Waals surface area contributed by atoms with Gasteiger partial charge in [-0.2, -0.15) is 43.9 Å². The number of nitrogens with two attached hydrogens (primary N) is 2. The van der Waals surface area contributed by atoms with Gasteiger partial charge in [0.2, 0.25) is 0 Å². The molecule has 6 aromatic carbocycles. The summed E-state index contributed by atoms with van der Waals surface area (Å²) in [5.74, 6) is -1.63. The quantitative estimate of drug-likeness (QED) is 0.0427. The van der Waals surface area contributed by atoms with Gasteiger partial charge in [0.1, 0.15) is 26.1 Å². The molecule has 0 aliphatic heterocycles. The van der Waals surface area contributed by atoms with E-state index in [1.165, 1.54) is 6.07 Å². The number of fused-ring (bicyclic) bond motifs is 2. The molecule has 0 radical (unpaired) electrons. The summed E-state index contributed by atoms with van der Waals surface area (Å²) >= 11 is 0. The van der Waals surface area contributed by atoms with Crippen molar-refractivity contribution >= 4 is 96.1 Å². The van der Waals surface area contributed by atoms with Crippen LogP contribution in [0.5, 0.6) is 11.5 Å². The fourth-order valence-electron chi connectivity index (χ4n) is 6.00. The van der Waals surface area contributed by atoms with Gasteiger partial charge in [-0.15, -0.1) is 10.2 Å². The molecule has 0 aliphatic carbocycles. The molecule has 10 N–H and O–H groups in total. The first-order valence-corrected chi connectivity index (χ1v) is 21.7. The van der Waals surface area contributed by atoms with Gasteiger partial charge in [0, 0.05) is 16.5 Å². The van der Waals surface area contributed by atoms with Crippen LogP contribution in [0, 0.1) is 13.8 Å². The lowest BCUT2D eigenvalue weighted by Crippen LogP contribution is -2.08. The fraction of sp³-hybridized carbons (Fsp3) is 0.0588. The van der Waals surface area contributed by atoms with Gasteiger partial charge in [-0.1, -0.05) is 18.2 Å². The molecule has 0 heterocycles. The van der Waals surface area contributed by atoms with Gasteiger partial charge in [0.05, 0.1) is 27.3 Å². The molecular formula is C34H28N6O14S4. The van der Waals surface area contributed by atoms with Crippen LogP contribution in [0.2, 0.25) is 0 Å². The minimum Gasteiger partial charge on any atom is -0.505 e. The van der Waals surface area contributed by atoms with Crippen LogP contribution in [-0.2, 0) is 40.5 Å². The van der Waals surface area contributed by atoms with Crippen LogP contribution in [0.1, 0.15) is 11.1 Å². The Morgan fingerprint density at radius 3 is 1.50 bits per heavy atom. The van der Waals surface area contributed by atoms with E-state index in [1.807, 2.05) is 0 Å². The maximum absolute atomic E-state index is 12.3. The van der Waals surface area contributed by atoms with Gasteiger partial charge < -0.3 is 21.7 Å². The highest BCUT2D eigenvalue weighted by molar-refractivity contribution is 7.87. The van der Waals surface area contributed by atoms with E-state index in [1.54, 1.807) is 44.2 Å². The number of benzene rings is 6. The van der Waals surface area contributed by atoms with E-state index in [9.17, 15) is 62.1 Å². The van der Waals surface area contributed by atoms with E-state index in [-0.39, 0.29) is 33.2 Å². The molecule has 0 aliphatic rings. The van der Waals surface area contributed by atoms with Gasteiger partial charge in [0.25, 0.3) is 40.5 Å². The lowest BCUT2D eigenvalue weighted by molar-refractivity contribution is 0.472. The van der Waals surface area contributed by atoms with Crippen molar-refractivity contribution in [3.8, 4) is 22.6 Å². The Morgan fingerprint density at radius 1 is 0.500 bits per heavy atom. The number of azo groups is 2. The van der Waals surface area contributed by atoms with E-state index in [4.69, 9.17) is 11.5 Å². The Balaban J connectivity index is 1.32. The molecule has 6 aromatic rings. The average molecular weight is 873 g/mol.